The Labute approximate surface area is 133 Å². The van der Waals surface area contributed by atoms with E-state index in [1.807, 2.05) is 18.2 Å². The van der Waals surface area contributed by atoms with Crippen molar-refractivity contribution in [1.82, 2.24) is 9.55 Å². The van der Waals surface area contributed by atoms with Crippen molar-refractivity contribution in [2.24, 2.45) is 0 Å². The first-order valence-corrected chi connectivity index (χ1v) is 7.92. The average molecular weight is 329 g/mol. The number of methoxy groups -OCH3 is 1. The number of rotatable bonds is 5. The Morgan fingerprint density at radius 3 is 3.00 bits per heavy atom. The monoisotopic (exact) mass is 328 g/mol. The van der Waals surface area contributed by atoms with Gasteiger partial charge >= 0.3 is 0 Å². The van der Waals surface area contributed by atoms with Crippen LogP contribution in [0.3, 0.4) is 0 Å². The summed E-state index contributed by atoms with van der Waals surface area (Å²) in [5.41, 5.74) is 1.66. The molecule has 114 valence electrons. The normalized spacial score (nSPS) is 22.2. The number of benzene rings is 1. The first-order valence-electron chi connectivity index (χ1n) is 7.01. The molecular formula is C15H18Cl2N2O2. The third kappa shape index (κ3) is 2.90. The highest BCUT2D eigenvalue weighted by atomic mass is 35.5. The van der Waals surface area contributed by atoms with Crippen molar-refractivity contribution in [1.29, 1.82) is 0 Å². The first kappa shape index (κ1) is 15.1. The summed E-state index contributed by atoms with van der Waals surface area (Å²) in [7, 11) is 1.74. The number of halogens is 2. The Morgan fingerprint density at radius 1 is 1.48 bits per heavy atom. The predicted octanol–water partition coefficient (Wildman–Crippen LogP) is 3.28. The summed E-state index contributed by atoms with van der Waals surface area (Å²) >= 11 is 12.1. The molecule has 21 heavy (non-hydrogen) atoms. The van der Waals surface area contributed by atoms with E-state index in [0.717, 1.165) is 29.9 Å². The average Bonchev–Trinajstić information content (AvgIpc) is 3.07. The highest BCUT2D eigenvalue weighted by molar-refractivity contribution is 6.31. The zero-order valence-corrected chi connectivity index (χ0v) is 13.5. The standard InChI is InChI=1S/C15H18Cl2N2O2/c1-20-15(5-7-21-10-15)9-19-13-8-11(17)2-3-12(13)18-14(19)4-6-16/h2-3,8H,4-7,9-10H2,1H3. The van der Waals surface area contributed by atoms with Crippen molar-refractivity contribution in [2.45, 2.75) is 25.0 Å². The number of fused-ring (bicyclic) bond motifs is 1. The number of alkyl halides is 1. The van der Waals surface area contributed by atoms with Crippen LogP contribution >= 0.6 is 23.2 Å². The lowest BCUT2D eigenvalue weighted by Gasteiger charge is -2.27. The zero-order valence-electron chi connectivity index (χ0n) is 11.9. The maximum absolute atomic E-state index is 6.14. The van der Waals surface area contributed by atoms with E-state index >= 15 is 0 Å². The third-order valence-corrected chi connectivity index (χ3v) is 4.48. The van der Waals surface area contributed by atoms with Gasteiger partial charge in [-0.3, -0.25) is 0 Å². The molecule has 1 aromatic carbocycles. The molecule has 2 heterocycles. The Kier molecular flexibility index (Phi) is 4.41. The summed E-state index contributed by atoms with van der Waals surface area (Å²) in [6, 6.07) is 5.74. The van der Waals surface area contributed by atoms with Crippen LogP contribution in [0.5, 0.6) is 0 Å². The van der Waals surface area contributed by atoms with Crippen LogP contribution in [-0.4, -0.2) is 41.4 Å². The molecule has 0 N–H and O–H groups in total. The molecule has 1 fully saturated rings. The smallest absolute Gasteiger partial charge is 0.111 e. The number of ether oxygens (including phenoxy) is 2. The summed E-state index contributed by atoms with van der Waals surface area (Å²) in [5, 5.41) is 0.704. The van der Waals surface area contributed by atoms with Crippen LogP contribution < -0.4 is 0 Å². The lowest BCUT2D eigenvalue weighted by atomic mass is 10.0. The van der Waals surface area contributed by atoms with Gasteiger partial charge in [-0.2, -0.15) is 0 Å². The summed E-state index contributed by atoms with van der Waals surface area (Å²) in [6.45, 7) is 2.03. The lowest BCUT2D eigenvalue weighted by molar-refractivity contribution is -0.0292. The molecular weight excluding hydrogens is 311 g/mol. The largest absolute Gasteiger partial charge is 0.378 e. The van der Waals surface area contributed by atoms with E-state index in [1.165, 1.54) is 0 Å². The Balaban J connectivity index is 2.05. The summed E-state index contributed by atoms with van der Waals surface area (Å²) in [6.07, 6.45) is 1.60. The fourth-order valence-electron chi connectivity index (χ4n) is 2.82. The second-order valence-electron chi connectivity index (χ2n) is 5.38. The van der Waals surface area contributed by atoms with Crippen LogP contribution in [0, 0.1) is 0 Å². The van der Waals surface area contributed by atoms with Crippen LogP contribution in [-0.2, 0) is 22.4 Å². The van der Waals surface area contributed by atoms with E-state index in [2.05, 4.69) is 9.55 Å². The van der Waals surface area contributed by atoms with Crippen molar-refractivity contribution >= 4 is 34.2 Å². The van der Waals surface area contributed by atoms with Crippen LogP contribution in [0.25, 0.3) is 11.0 Å². The number of hydrogen-bond acceptors (Lipinski definition) is 3. The topological polar surface area (TPSA) is 36.3 Å². The van der Waals surface area contributed by atoms with E-state index in [-0.39, 0.29) is 5.60 Å². The summed E-state index contributed by atoms with van der Waals surface area (Å²) < 4.78 is 13.4. The van der Waals surface area contributed by atoms with Crippen LogP contribution in [0.4, 0.5) is 0 Å². The molecule has 1 saturated heterocycles. The Hall–Kier alpha value is -0.810. The predicted molar refractivity (Wildman–Crippen MR) is 84.3 cm³/mol. The minimum absolute atomic E-state index is 0.295. The number of aryl methyl sites for hydroxylation is 1. The fourth-order valence-corrected chi connectivity index (χ4v) is 3.16. The van der Waals surface area contributed by atoms with E-state index in [9.17, 15) is 0 Å². The molecule has 3 rings (SSSR count). The van der Waals surface area contributed by atoms with Gasteiger partial charge in [-0.05, 0) is 18.2 Å². The van der Waals surface area contributed by atoms with E-state index in [4.69, 9.17) is 32.7 Å². The Morgan fingerprint density at radius 2 is 2.33 bits per heavy atom. The third-order valence-electron chi connectivity index (χ3n) is 4.05. The minimum atomic E-state index is -0.295. The second-order valence-corrected chi connectivity index (χ2v) is 6.19. The maximum atomic E-state index is 6.14. The highest BCUT2D eigenvalue weighted by Crippen LogP contribution is 2.29. The number of aromatic nitrogens is 2. The van der Waals surface area contributed by atoms with Gasteiger partial charge in [0, 0.05) is 37.5 Å². The maximum Gasteiger partial charge on any atom is 0.111 e. The molecule has 6 heteroatoms. The second kappa shape index (κ2) is 6.13. The van der Waals surface area contributed by atoms with Gasteiger partial charge in [0.25, 0.3) is 0 Å². The van der Waals surface area contributed by atoms with Gasteiger partial charge in [0.15, 0.2) is 0 Å². The van der Waals surface area contributed by atoms with E-state index in [1.54, 1.807) is 7.11 Å². The number of imidazole rings is 1. The van der Waals surface area contributed by atoms with Crippen LogP contribution in [0.2, 0.25) is 5.02 Å². The van der Waals surface area contributed by atoms with Gasteiger partial charge in [0.2, 0.25) is 0 Å². The summed E-state index contributed by atoms with van der Waals surface area (Å²) in [5.74, 6) is 1.50. The number of nitrogens with zero attached hydrogens (tertiary/aromatic N) is 2. The van der Waals surface area contributed by atoms with Gasteiger partial charge in [-0.25, -0.2) is 4.98 Å². The first-order chi connectivity index (χ1) is 10.2. The molecule has 1 unspecified atom stereocenters. The molecule has 1 aliphatic rings. The molecule has 1 aliphatic heterocycles. The zero-order chi connectivity index (χ0) is 14.9. The fraction of sp³-hybridized carbons (Fsp3) is 0.533. The SMILES string of the molecule is COC1(Cn2c(CCCl)nc3ccc(Cl)cc32)CCOC1. The quantitative estimate of drug-likeness (QED) is 0.790. The van der Waals surface area contributed by atoms with Gasteiger partial charge in [0.1, 0.15) is 11.4 Å². The molecule has 0 spiro atoms. The molecule has 0 bridgehead atoms. The molecule has 2 aromatic rings. The molecule has 1 atom stereocenters. The van der Waals surface area contributed by atoms with E-state index < -0.39 is 0 Å². The molecule has 0 radical (unpaired) electrons. The molecule has 1 aromatic heterocycles. The Bertz CT molecular complexity index is 636. The van der Waals surface area contributed by atoms with Gasteiger partial charge in [-0.15, -0.1) is 11.6 Å². The van der Waals surface area contributed by atoms with Gasteiger partial charge in [0.05, 0.1) is 24.2 Å². The minimum Gasteiger partial charge on any atom is -0.378 e. The lowest BCUT2D eigenvalue weighted by Crippen LogP contribution is -2.37. The molecule has 0 amide bonds. The number of hydrogen-bond donors (Lipinski definition) is 0. The molecule has 0 saturated carbocycles. The van der Waals surface area contributed by atoms with Crippen molar-refractivity contribution < 1.29 is 9.47 Å². The summed E-state index contributed by atoms with van der Waals surface area (Å²) in [4.78, 5) is 4.67. The van der Waals surface area contributed by atoms with Crippen molar-refractivity contribution in [3.63, 3.8) is 0 Å². The van der Waals surface area contributed by atoms with Gasteiger partial charge < -0.3 is 14.0 Å². The van der Waals surface area contributed by atoms with Crippen molar-refractivity contribution in [3.05, 3.63) is 29.0 Å². The van der Waals surface area contributed by atoms with Crippen molar-refractivity contribution in [2.75, 3.05) is 26.2 Å². The van der Waals surface area contributed by atoms with Crippen LogP contribution in [0.1, 0.15) is 12.2 Å². The van der Waals surface area contributed by atoms with E-state index in [0.29, 0.717) is 30.5 Å². The molecule has 4 nitrogen and oxygen atoms in total. The molecule has 0 aliphatic carbocycles. The highest BCUT2D eigenvalue weighted by Gasteiger charge is 2.36. The van der Waals surface area contributed by atoms with Gasteiger partial charge in [-0.1, -0.05) is 11.6 Å². The van der Waals surface area contributed by atoms with Crippen molar-refractivity contribution in [3.8, 4) is 0 Å². The van der Waals surface area contributed by atoms with Crippen LogP contribution in [0.15, 0.2) is 18.2 Å².